The van der Waals surface area contributed by atoms with Crippen molar-refractivity contribution in [1.82, 2.24) is 24.6 Å². The number of carbonyl (C=O) groups is 1. The van der Waals surface area contributed by atoms with Crippen LogP contribution in [0, 0.1) is 0 Å². The molecule has 7 nitrogen and oxygen atoms in total. The van der Waals surface area contributed by atoms with Gasteiger partial charge in [-0.05, 0) is 30.2 Å². The third kappa shape index (κ3) is 5.64. The molecule has 0 N–H and O–H groups in total. The molecule has 1 aliphatic heterocycles. The topological polar surface area (TPSA) is 71.3 Å². The van der Waals surface area contributed by atoms with E-state index in [2.05, 4.69) is 39.2 Å². The van der Waals surface area contributed by atoms with Gasteiger partial charge in [0.15, 0.2) is 0 Å². The van der Waals surface area contributed by atoms with Crippen molar-refractivity contribution >= 4 is 5.91 Å². The minimum absolute atomic E-state index is 0.149. The smallest absolute Gasteiger partial charge is 0.266 e. The van der Waals surface area contributed by atoms with Crippen molar-refractivity contribution in [1.29, 1.82) is 0 Å². The number of amides is 1. The highest BCUT2D eigenvalue weighted by molar-refractivity contribution is 5.76. The molecule has 0 atom stereocenters. The summed E-state index contributed by atoms with van der Waals surface area (Å²) < 4.78 is 1.44. The monoisotopic (exact) mass is 417 g/mol. The zero-order chi connectivity index (χ0) is 21.5. The van der Waals surface area contributed by atoms with Crippen molar-refractivity contribution in [2.75, 3.05) is 26.2 Å². The van der Waals surface area contributed by atoms with Crippen LogP contribution >= 0.6 is 0 Å². The number of rotatable bonds is 7. The Kier molecular flexibility index (Phi) is 6.84. The quantitative estimate of drug-likeness (QED) is 0.591. The van der Waals surface area contributed by atoms with Crippen molar-refractivity contribution in [3.05, 3.63) is 82.9 Å². The molecule has 4 rings (SSSR count). The Morgan fingerprint density at radius 3 is 2.48 bits per heavy atom. The number of carbonyl (C=O) groups excluding carboxylic acids is 1. The Morgan fingerprint density at radius 1 is 0.935 bits per heavy atom. The van der Waals surface area contributed by atoms with Crippen LogP contribution in [0.3, 0.4) is 0 Å². The second kappa shape index (κ2) is 10.1. The predicted molar refractivity (Wildman–Crippen MR) is 119 cm³/mol. The molecule has 3 heterocycles. The van der Waals surface area contributed by atoms with Crippen LogP contribution in [0.1, 0.15) is 18.4 Å². The lowest BCUT2D eigenvalue weighted by Crippen LogP contribution is -2.48. The van der Waals surface area contributed by atoms with Crippen LogP contribution < -0.4 is 5.56 Å². The van der Waals surface area contributed by atoms with Gasteiger partial charge < -0.3 is 4.90 Å². The molecule has 0 bridgehead atoms. The van der Waals surface area contributed by atoms with Crippen molar-refractivity contribution in [3.8, 4) is 11.3 Å². The molecule has 1 amide bonds. The summed E-state index contributed by atoms with van der Waals surface area (Å²) in [6.45, 7) is 4.61. The molecule has 31 heavy (non-hydrogen) atoms. The average molecular weight is 418 g/mol. The number of aryl methyl sites for hydroxylation is 1. The van der Waals surface area contributed by atoms with Crippen LogP contribution in [0.2, 0.25) is 0 Å². The first kappa shape index (κ1) is 20.9. The molecule has 0 spiro atoms. The second-order valence-corrected chi connectivity index (χ2v) is 7.77. The molecule has 1 aliphatic rings. The molecule has 0 unspecified atom stereocenters. The van der Waals surface area contributed by atoms with Gasteiger partial charge in [0.2, 0.25) is 5.91 Å². The predicted octanol–water partition coefficient (Wildman–Crippen LogP) is 2.43. The number of piperazine rings is 1. The van der Waals surface area contributed by atoms with Gasteiger partial charge in [0.05, 0.1) is 5.69 Å². The molecule has 0 saturated carbocycles. The third-order valence-corrected chi connectivity index (χ3v) is 5.56. The number of hydrogen-bond donors (Lipinski definition) is 0. The van der Waals surface area contributed by atoms with Crippen molar-refractivity contribution in [3.63, 3.8) is 0 Å². The van der Waals surface area contributed by atoms with Crippen LogP contribution in [0.15, 0.2) is 71.8 Å². The Morgan fingerprint density at radius 2 is 1.74 bits per heavy atom. The summed E-state index contributed by atoms with van der Waals surface area (Å²) in [6.07, 6.45) is 4.43. The maximum Gasteiger partial charge on any atom is 0.266 e. The molecule has 1 aromatic carbocycles. The Balaban J connectivity index is 1.25. The van der Waals surface area contributed by atoms with E-state index in [0.717, 1.165) is 38.3 Å². The molecule has 160 valence electrons. The molecule has 0 aliphatic carbocycles. The van der Waals surface area contributed by atoms with E-state index in [1.165, 1.54) is 16.3 Å². The minimum atomic E-state index is -0.158. The van der Waals surface area contributed by atoms with E-state index in [0.29, 0.717) is 25.1 Å². The lowest BCUT2D eigenvalue weighted by Gasteiger charge is -2.34. The van der Waals surface area contributed by atoms with Gasteiger partial charge in [0.25, 0.3) is 5.56 Å². The SMILES string of the molecule is O=C(CCCn1nc(-c2cccnc2)ccc1=O)N1CCN(Cc2ccccc2)CC1. The van der Waals surface area contributed by atoms with E-state index >= 15 is 0 Å². The van der Waals surface area contributed by atoms with Crippen molar-refractivity contribution < 1.29 is 4.79 Å². The zero-order valence-corrected chi connectivity index (χ0v) is 17.6. The first-order valence-corrected chi connectivity index (χ1v) is 10.7. The van der Waals surface area contributed by atoms with Gasteiger partial charge in [-0.1, -0.05) is 30.3 Å². The largest absolute Gasteiger partial charge is 0.340 e. The summed E-state index contributed by atoms with van der Waals surface area (Å²) in [5.41, 5.74) is 2.71. The first-order chi connectivity index (χ1) is 15.2. The molecular formula is C24H27N5O2. The van der Waals surface area contributed by atoms with E-state index in [1.807, 2.05) is 23.1 Å². The van der Waals surface area contributed by atoms with Crippen LogP contribution in [0.5, 0.6) is 0 Å². The summed E-state index contributed by atoms with van der Waals surface area (Å²) in [6, 6.07) is 17.4. The number of hydrogen-bond acceptors (Lipinski definition) is 5. The molecule has 7 heteroatoms. The number of nitrogens with zero attached hydrogens (tertiary/aromatic N) is 5. The Bertz CT molecular complexity index is 1040. The highest BCUT2D eigenvalue weighted by Gasteiger charge is 2.20. The minimum Gasteiger partial charge on any atom is -0.340 e. The highest BCUT2D eigenvalue weighted by Crippen LogP contribution is 2.13. The van der Waals surface area contributed by atoms with E-state index in [9.17, 15) is 9.59 Å². The molecule has 1 saturated heterocycles. The molecule has 3 aromatic rings. The van der Waals surface area contributed by atoms with Crippen LogP contribution in [-0.4, -0.2) is 56.7 Å². The lowest BCUT2D eigenvalue weighted by molar-refractivity contribution is -0.133. The molecule has 2 aromatic heterocycles. The number of benzene rings is 1. The summed E-state index contributed by atoms with van der Waals surface area (Å²) >= 11 is 0. The fourth-order valence-electron chi connectivity index (χ4n) is 3.81. The maximum atomic E-state index is 12.6. The molecule has 1 fully saturated rings. The van der Waals surface area contributed by atoms with Crippen molar-refractivity contribution in [2.24, 2.45) is 0 Å². The van der Waals surface area contributed by atoms with Gasteiger partial charge in [-0.3, -0.25) is 19.5 Å². The maximum absolute atomic E-state index is 12.6. The van der Waals surface area contributed by atoms with E-state index < -0.39 is 0 Å². The summed E-state index contributed by atoms with van der Waals surface area (Å²) in [5, 5.41) is 4.43. The van der Waals surface area contributed by atoms with Gasteiger partial charge >= 0.3 is 0 Å². The van der Waals surface area contributed by atoms with Gasteiger partial charge in [-0.25, -0.2) is 4.68 Å². The van der Waals surface area contributed by atoms with Gasteiger partial charge in [-0.2, -0.15) is 5.10 Å². The third-order valence-electron chi connectivity index (χ3n) is 5.56. The number of pyridine rings is 1. The fourth-order valence-corrected chi connectivity index (χ4v) is 3.81. The Hall–Kier alpha value is -3.32. The fraction of sp³-hybridized carbons (Fsp3) is 0.333. The Labute approximate surface area is 182 Å². The summed E-state index contributed by atoms with van der Waals surface area (Å²) in [7, 11) is 0. The second-order valence-electron chi connectivity index (χ2n) is 7.77. The lowest BCUT2D eigenvalue weighted by atomic mass is 10.2. The van der Waals surface area contributed by atoms with Gasteiger partial charge in [0.1, 0.15) is 0 Å². The van der Waals surface area contributed by atoms with Crippen LogP contribution in [0.4, 0.5) is 0 Å². The highest BCUT2D eigenvalue weighted by atomic mass is 16.2. The summed E-state index contributed by atoms with van der Waals surface area (Å²) in [4.78, 5) is 33.2. The van der Waals surface area contributed by atoms with Gasteiger partial charge in [0, 0.05) is 69.7 Å². The average Bonchev–Trinajstić information content (AvgIpc) is 2.82. The van der Waals surface area contributed by atoms with E-state index in [-0.39, 0.29) is 11.5 Å². The summed E-state index contributed by atoms with van der Waals surface area (Å²) in [5.74, 6) is 0.149. The van der Waals surface area contributed by atoms with Gasteiger partial charge in [-0.15, -0.1) is 0 Å². The zero-order valence-electron chi connectivity index (χ0n) is 17.6. The molecule has 0 radical (unpaired) electrons. The van der Waals surface area contributed by atoms with Crippen LogP contribution in [0.25, 0.3) is 11.3 Å². The van der Waals surface area contributed by atoms with Crippen molar-refractivity contribution in [2.45, 2.75) is 25.9 Å². The van der Waals surface area contributed by atoms with Crippen LogP contribution in [-0.2, 0) is 17.9 Å². The van der Waals surface area contributed by atoms with E-state index in [1.54, 1.807) is 18.5 Å². The van der Waals surface area contributed by atoms with E-state index in [4.69, 9.17) is 0 Å². The standard InChI is InChI=1S/C24H27N5O2/c30-23(28-16-14-27(15-17-28)19-20-6-2-1-3-7-20)9-5-13-29-24(31)11-10-22(26-29)21-8-4-12-25-18-21/h1-4,6-8,10-12,18H,5,9,13-17,19H2. The number of aromatic nitrogens is 3. The molecular weight excluding hydrogens is 390 g/mol. The normalized spacial score (nSPS) is 14.5. The first-order valence-electron chi connectivity index (χ1n) is 10.7.